The molecule has 0 fully saturated rings. The van der Waals surface area contributed by atoms with Gasteiger partial charge in [-0.25, -0.2) is 0 Å². The summed E-state index contributed by atoms with van der Waals surface area (Å²) in [5.41, 5.74) is 5.37. The Morgan fingerprint density at radius 1 is 0.962 bits per heavy atom. The van der Waals surface area contributed by atoms with Crippen LogP contribution in [-0.2, 0) is 0 Å². The lowest BCUT2D eigenvalue weighted by Gasteiger charge is -2.11. The molecule has 0 atom stereocenters. The van der Waals surface area contributed by atoms with E-state index in [1.165, 1.54) is 5.56 Å². The van der Waals surface area contributed by atoms with Crippen LogP contribution in [0.15, 0.2) is 67.0 Å². The fourth-order valence-electron chi connectivity index (χ4n) is 2.66. The van der Waals surface area contributed by atoms with E-state index in [1.807, 2.05) is 43.3 Å². The van der Waals surface area contributed by atoms with Gasteiger partial charge in [-0.1, -0.05) is 44.2 Å². The lowest BCUT2D eigenvalue weighted by atomic mass is 10.0. The monoisotopic (exact) mass is 345 g/mol. The number of hydrogen-bond acceptors (Lipinski definition) is 3. The SMILES string of the molecule is Cc1ccccc1NC(=O)c1cncc(Nc2ccc(C(C)C)cc2)c1. The van der Waals surface area contributed by atoms with Crippen LogP contribution in [0.3, 0.4) is 0 Å². The first-order chi connectivity index (χ1) is 12.5. The highest BCUT2D eigenvalue weighted by molar-refractivity contribution is 6.05. The number of carbonyl (C=O) groups is 1. The molecule has 0 aliphatic rings. The number of amides is 1. The maximum absolute atomic E-state index is 12.5. The summed E-state index contributed by atoms with van der Waals surface area (Å²) in [6.45, 7) is 6.30. The van der Waals surface area contributed by atoms with Crippen molar-refractivity contribution in [3.8, 4) is 0 Å². The normalized spacial score (nSPS) is 10.6. The van der Waals surface area contributed by atoms with Crippen LogP contribution >= 0.6 is 0 Å². The Hall–Kier alpha value is -3.14. The van der Waals surface area contributed by atoms with E-state index in [2.05, 4.69) is 41.6 Å². The highest BCUT2D eigenvalue weighted by atomic mass is 16.1. The maximum Gasteiger partial charge on any atom is 0.257 e. The number of aromatic nitrogens is 1. The predicted molar refractivity (Wildman–Crippen MR) is 107 cm³/mol. The second-order valence-corrected chi connectivity index (χ2v) is 6.63. The van der Waals surface area contributed by atoms with E-state index in [0.717, 1.165) is 22.6 Å². The van der Waals surface area contributed by atoms with Crippen LogP contribution in [0, 0.1) is 6.92 Å². The zero-order valence-electron chi connectivity index (χ0n) is 15.3. The van der Waals surface area contributed by atoms with Crippen molar-refractivity contribution in [3.63, 3.8) is 0 Å². The fourth-order valence-corrected chi connectivity index (χ4v) is 2.66. The Bertz CT molecular complexity index is 901. The molecule has 26 heavy (non-hydrogen) atoms. The van der Waals surface area contributed by atoms with Crippen LogP contribution in [0.2, 0.25) is 0 Å². The summed E-state index contributed by atoms with van der Waals surface area (Å²) in [5.74, 6) is 0.324. The molecule has 0 radical (unpaired) electrons. The highest BCUT2D eigenvalue weighted by Crippen LogP contribution is 2.21. The molecule has 4 heteroatoms. The summed E-state index contributed by atoms with van der Waals surface area (Å²) in [4.78, 5) is 16.7. The summed E-state index contributed by atoms with van der Waals surface area (Å²) in [6.07, 6.45) is 3.28. The second-order valence-electron chi connectivity index (χ2n) is 6.63. The second kappa shape index (κ2) is 7.83. The van der Waals surface area contributed by atoms with E-state index in [-0.39, 0.29) is 5.91 Å². The van der Waals surface area contributed by atoms with Gasteiger partial charge >= 0.3 is 0 Å². The van der Waals surface area contributed by atoms with Crippen LogP contribution in [0.1, 0.15) is 41.3 Å². The minimum atomic E-state index is -0.175. The number of carbonyl (C=O) groups excluding carboxylic acids is 1. The number of benzene rings is 2. The summed E-state index contributed by atoms with van der Waals surface area (Å²) in [7, 11) is 0. The largest absolute Gasteiger partial charge is 0.354 e. The zero-order chi connectivity index (χ0) is 18.5. The van der Waals surface area contributed by atoms with Gasteiger partial charge in [-0.05, 0) is 48.2 Å². The Labute approximate surface area is 154 Å². The van der Waals surface area contributed by atoms with Gasteiger partial charge in [0, 0.05) is 17.6 Å². The van der Waals surface area contributed by atoms with Gasteiger partial charge in [0.2, 0.25) is 0 Å². The van der Waals surface area contributed by atoms with E-state index < -0.39 is 0 Å². The summed E-state index contributed by atoms with van der Waals surface area (Å²) in [5, 5.41) is 6.23. The Kier molecular flexibility index (Phi) is 5.32. The average molecular weight is 345 g/mol. The smallest absolute Gasteiger partial charge is 0.257 e. The Morgan fingerprint density at radius 3 is 2.38 bits per heavy atom. The third kappa shape index (κ3) is 4.28. The summed E-state index contributed by atoms with van der Waals surface area (Å²) >= 11 is 0. The zero-order valence-corrected chi connectivity index (χ0v) is 15.3. The maximum atomic E-state index is 12.5. The molecule has 0 unspecified atom stereocenters. The molecule has 4 nitrogen and oxygen atoms in total. The molecule has 0 aliphatic carbocycles. The van der Waals surface area contributed by atoms with Crippen LogP contribution in [0.5, 0.6) is 0 Å². The summed E-state index contributed by atoms with van der Waals surface area (Å²) < 4.78 is 0. The van der Waals surface area contributed by atoms with E-state index in [4.69, 9.17) is 0 Å². The molecule has 0 bridgehead atoms. The first kappa shape index (κ1) is 17.7. The standard InChI is InChI=1S/C22H23N3O/c1-15(2)17-8-10-19(11-9-17)24-20-12-18(13-23-14-20)22(26)25-21-7-5-4-6-16(21)3/h4-15,24H,1-3H3,(H,25,26). The van der Waals surface area contributed by atoms with Crippen molar-refractivity contribution in [1.29, 1.82) is 0 Å². The third-order valence-electron chi connectivity index (χ3n) is 4.26. The quantitative estimate of drug-likeness (QED) is 0.641. The number of para-hydroxylation sites is 1. The van der Waals surface area contributed by atoms with Crippen LogP contribution in [0.4, 0.5) is 17.1 Å². The predicted octanol–water partition coefficient (Wildman–Crippen LogP) is 5.51. The highest BCUT2D eigenvalue weighted by Gasteiger charge is 2.09. The number of anilines is 3. The Balaban J connectivity index is 1.73. The van der Waals surface area contributed by atoms with Crippen molar-refractivity contribution in [2.75, 3.05) is 10.6 Å². The molecule has 1 heterocycles. The Morgan fingerprint density at radius 2 is 1.69 bits per heavy atom. The van der Waals surface area contributed by atoms with Gasteiger partial charge in [0.15, 0.2) is 0 Å². The van der Waals surface area contributed by atoms with Gasteiger partial charge in [0.05, 0.1) is 17.4 Å². The molecule has 2 N–H and O–H groups in total. The van der Waals surface area contributed by atoms with Crippen molar-refractivity contribution in [1.82, 2.24) is 4.98 Å². The van der Waals surface area contributed by atoms with E-state index in [9.17, 15) is 4.79 Å². The van der Waals surface area contributed by atoms with Gasteiger partial charge in [-0.3, -0.25) is 9.78 Å². The minimum absolute atomic E-state index is 0.175. The molecule has 132 valence electrons. The molecule has 0 saturated carbocycles. The number of aryl methyl sites for hydroxylation is 1. The lowest BCUT2D eigenvalue weighted by Crippen LogP contribution is -2.13. The molecule has 3 aromatic rings. The van der Waals surface area contributed by atoms with Crippen LogP contribution in [-0.4, -0.2) is 10.9 Å². The molecule has 3 rings (SSSR count). The summed E-state index contributed by atoms with van der Waals surface area (Å²) in [6, 6.07) is 17.8. The van der Waals surface area contributed by atoms with Crippen molar-refractivity contribution in [3.05, 3.63) is 83.7 Å². The number of nitrogens with zero attached hydrogens (tertiary/aromatic N) is 1. The molecule has 0 saturated heterocycles. The molecule has 0 aliphatic heterocycles. The fraction of sp³-hybridized carbons (Fsp3) is 0.182. The van der Waals surface area contributed by atoms with Gasteiger partial charge in [0.1, 0.15) is 0 Å². The number of hydrogen-bond donors (Lipinski definition) is 2. The number of rotatable bonds is 5. The molecular formula is C22H23N3O. The van der Waals surface area contributed by atoms with E-state index in [0.29, 0.717) is 11.5 Å². The van der Waals surface area contributed by atoms with Crippen molar-refractivity contribution in [2.45, 2.75) is 26.7 Å². The first-order valence-electron chi connectivity index (χ1n) is 8.72. The van der Waals surface area contributed by atoms with E-state index >= 15 is 0 Å². The average Bonchev–Trinajstić information content (AvgIpc) is 2.64. The molecule has 1 aromatic heterocycles. The van der Waals surface area contributed by atoms with Crippen molar-refractivity contribution < 1.29 is 4.79 Å². The third-order valence-corrected chi connectivity index (χ3v) is 4.26. The molecule has 1 amide bonds. The molecule has 0 spiro atoms. The first-order valence-corrected chi connectivity index (χ1v) is 8.72. The van der Waals surface area contributed by atoms with Gasteiger partial charge in [-0.2, -0.15) is 0 Å². The lowest BCUT2D eigenvalue weighted by molar-refractivity contribution is 0.102. The molecular weight excluding hydrogens is 322 g/mol. The van der Waals surface area contributed by atoms with Crippen molar-refractivity contribution >= 4 is 23.0 Å². The van der Waals surface area contributed by atoms with Gasteiger partial charge < -0.3 is 10.6 Å². The van der Waals surface area contributed by atoms with Gasteiger partial charge in [0.25, 0.3) is 5.91 Å². The minimum Gasteiger partial charge on any atom is -0.354 e. The molecule has 2 aromatic carbocycles. The van der Waals surface area contributed by atoms with Crippen LogP contribution in [0.25, 0.3) is 0 Å². The van der Waals surface area contributed by atoms with Gasteiger partial charge in [-0.15, -0.1) is 0 Å². The van der Waals surface area contributed by atoms with E-state index in [1.54, 1.807) is 18.5 Å². The topological polar surface area (TPSA) is 54.0 Å². The number of pyridine rings is 1. The van der Waals surface area contributed by atoms with Crippen LogP contribution < -0.4 is 10.6 Å². The number of nitrogens with one attached hydrogen (secondary N) is 2. The van der Waals surface area contributed by atoms with Crippen molar-refractivity contribution in [2.24, 2.45) is 0 Å².